The second-order valence-corrected chi connectivity index (χ2v) is 4.82. The van der Waals surface area contributed by atoms with Crippen molar-refractivity contribution >= 4 is 5.69 Å². The molecule has 0 saturated carbocycles. The van der Waals surface area contributed by atoms with Gasteiger partial charge >= 0.3 is 0 Å². The van der Waals surface area contributed by atoms with Crippen molar-refractivity contribution in [3.63, 3.8) is 0 Å². The highest BCUT2D eigenvalue weighted by Gasteiger charge is 2.08. The molecule has 0 aliphatic carbocycles. The van der Waals surface area contributed by atoms with Crippen LogP contribution in [0.25, 0.3) is 0 Å². The fourth-order valence-corrected chi connectivity index (χ4v) is 1.63. The van der Waals surface area contributed by atoms with E-state index in [0.29, 0.717) is 12.1 Å². The summed E-state index contributed by atoms with van der Waals surface area (Å²) >= 11 is 0. The first-order valence-electron chi connectivity index (χ1n) is 6.48. The first-order chi connectivity index (χ1) is 8.06. The Morgan fingerprint density at radius 3 is 2.47 bits per heavy atom. The molecule has 17 heavy (non-hydrogen) atoms. The quantitative estimate of drug-likeness (QED) is 0.821. The minimum absolute atomic E-state index is 0.327. The SMILES string of the molecule is CCCNC(C)c1ccc(N(C)C(C)C)cn1. The lowest BCUT2D eigenvalue weighted by Crippen LogP contribution is -2.26. The summed E-state index contributed by atoms with van der Waals surface area (Å²) in [6.45, 7) is 9.73. The molecule has 0 aliphatic rings. The number of rotatable bonds is 6. The van der Waals surface area contributed by atoms with Crippen molar-refractivity contribution in [3.8, 4) is 0 Å². The zero-order valence-electron chi connectivity index (χ0n) is 11.7. The van der Waals surface area contributed by atoms with Crippen molar-refractivity contribution in [1.29, 1.82) is 0 Å². The standard InChI is InChI=1S/C14H25N3/c1-6-9-15-12(4)14-8-7-13(10-16-14)17(5)11(2)3/h7-8,10-12,15H,6,9H2,1-5H3. The van der Waals surface area contributed by atoms with E-state index in [0.717, 1.165) is 18.7 Å². The summed E-state index contributed by atoms with van der Waals surface area (Å²) in [7, 11) is 2.10. The summed E-state index contributed by atoms with van der Waals surface area (Å²) in [4.78, 5) is 6.75. The molecule has 1 aromatic heterocycles. The van der Waals surface area contributed by atoms with Crippen molar-refractivity contribution in [2.75, 3.05) is 18.5 Å². The number of pyridine rings is 1. The van der Waals surface area contributed by atoms with Gasteiger partial charge in [-0.3, -0.25) is 4.98 Å². The Kier molecular flexibility index (Phi) is 5.42. The largest absolute Gasteiger partial charge is 0.371 e. The molecule has 1 heterocycles. The van der Waals surface area contributed by atoms with Crippen molar-refractivity contribution in [2.45, 2.75) is 46.2 Å². The Morgan fingerprint density at radius 2 is 2.00 bits per heavy atom. The molecule has 96 valence electrons. The zero-order chi connectivity index (χ0) is 12.8. The highest BCUT2D eigenvalue weighted by Crippen LogP contribution is 2.16. The molecule has 1 unspecified atom stereocenters. The van der Waals surface area contributed by atoms with E-state index in [9.17, 15) is 0 Å². The summed E-state index contributed by atoms with van der Waals surface area (Å²) in [5, 5.41) is 3.44. The fraction of sp³-hybridized carbons (Fsp3) is 0.643. The zero-order valence-corrected chi connectivity index (χ0v) is 11.7. The molecule has 1 atom stereocenters. The van der Waals surface area contributed by atoms with E-state index in [1.807, 2.05) is 6.20 Å². The lowest BCUT2D eigenvalue weighted by atomic mass is 10.2. The number of anilines is 1. The van der Waals surface area contributed by atoms with Crippen LogP contribution in [0.4, 0.5) is 5.69 Å². The highest BCUT2D eigenvalue weighted by atomic mass is 15.1. The number of nitrogens with zero attached hydrogens (tertiary/aromatic N) is 2. The molecular formula is C14H25N3. The Hall–Kier alpha value is -1.09. The predicted molar refractivity (Wildman–Crippen MR) is 74.5 cm³/mol. The van der Waals surface area contributed by atoms with Gasteiger partial charge in [0.25, 0.3) is 0 Å². The summed E-state index contributed by atoms with van der Waals surface area (Å²) in [5.74, 6) is 0. The number of aromatic nitrogens is 1. The van der Waals surface area contributed by atoms with Gasteiger partial charge in [-0.1, -0.05) is 6.92 Å². The van der Waals surface area contributed by atoms with Crippen molar-refractivity contribution in [2.24, 2.45) is 0 Å². The van der Waals surface area contributed by atoms with Gasteiger partial charge in [0.1, 0.15) is 0 Å². The molecule has 0 saturated heterocycles. The Bertz CT molecular complexity index is 319. The third-order valence-corrected chi connectivity index (χ3v) is 3.10. The third kappa shape index (κ3) is 4.00. The maximum Gasteiger partial charge on any atom is 0.0572 e. The molecule has 0 radical (unpaired) electrons. The summed E-state index contributed by atoms with van der Waals surface area (Å²) in [5.41, 5.74) is 2.28. The molecular weight excluding hydrogens is 210 g/mol. The van der Waals surface area contributed by atoms with Gasteiger partial charge in [-0.2, -0.15) is 0 Å². The maximum atomic E-state index is 4.53. The number of nitrogens with one attached hydrogen (secondary N) is 1. The third-order valence-electron chi connectivity index (χ3n) is 3.10. The molecule has 0 spiro atoms. The molecule has 3 nitrogen and oxygen atoms in total. The van der Waals surface area contributed by atoms with Gasteiger partial charge in [0.05, 0.1) is 17.6 Å². The van der Waals surface area contributed by atoms with E-state index in [2.05, 4.69) is 62.1 Å². The van der Waals surface area contributed by atoms with E-state index in [1.54, 1.807) is 0 Å². The lowest BCUT2D eigenvalue weighted by Gasteiger charge is -2.23. The van der Waals surface area contributed by atoms with Gasteiger partial charge in [0.2, 0.25) is 0 Å². The Balaban J connectivity index is 2.67. The van der Waals surface area contributed by atoms with Crippen molar-refractivity contribution in [3.05, 3.63) is 24.0 Å². The normalized spacial score (nSPS) is 12.8. The average molecular weight is 235 g/mol. The Labute approximate surface area is 105 Å². The van der Waals surface area contributed by atoms with E-state index in [1.165, 1.54) is 5.69 Å². The summed E-state index contributed by atoms with van der Waals surface area (Å²) < 4.78 is 0. The average Bonchev–Trinajstić information content (AvgIpc) is 2.35. The van der Waals surface area contributed by atoms with E-state index >= 15 is 0 Å². The predicted octanol–water partition coefficient (Wildman–Crippen LogP) is 2.99. The molecule has 1 N–H and O–H groups in total. The van der Waals surface area contributed by atoms with Crippen LogP contribution in [0.1, 0.15) is 45.9 Å². The Morgan fingerprint density at radius 1 is 1.29 bits per heavy atom. The van der Waals surface area contributed by atoms with E-state index in [-0.39, 0.29) is 0 Å². The van der Waals surface area contributed by atoms with E-state index < -0.39 is 0 Å². The van der Waals surface area contributed by atoms with Crippen LogP contribution in [-0.2, 0) is 0 Å². The van der Waals surface area contributed by atoms with E-state index in [4.69, 9.17) is 0 Å². The minimum Gasteiger partial charge on any atom is -0.371 e. The maximum absolute atomic E-state index is 4.53. The summed E-state index contributed by atoms with van der Waals surface area (Å²) in [6.07, 6.45) is 3.11. The van der Waals surface area contributed by atoms with Crippen LogP contribution in [0.2, 0.25) is 0 Å². The first kappa shape index (κ1) is 14.0. The highest BCUT2D eigenvalue weighted by molar-refractivity contribution is 5.44. The van der Waals surface area contributed by atoms with Crippen LogP contribution >= 0.6 is 0 Å². The van der Waals surface area contributed by atoms with Gasteiger partial charge in [-0.05, 0) is 45.9 Å². The molecule has 3 heteroatoms. The number of hydrogen-bond acceptors (Lipinski definition) is 3. The van der Waals surface area contributed by atoms with Gasteiger partial charge < -0.3 is 10.2 Å². The van der Waals surface area contributed by atoms with Crippen LogP contribution in [0.5, 0.6) is 0 Å². The number of hydrogen-bond donors (Lipinski definition) is 1. The minimum atomic E-state index is 0.327. The second-order valence-electron chi connectivity index (χ2n) is 4.82. The lowest BCUT2D eigenvalue weighted by molar-refractivity contribution is 0.558. The second kappa shape index (κ2) is 6.60. The monoisotopic (exact) mass is 235 g/mol. The molecule has 1 aromatic rings. The molecule has 0 amide bonds. The van der Waals surface area contributed by atoms with Gasteiger partial charge in [0.15, 0.2) is 0 Å². The molecule has 1 rings (SSSR count). The van der Waals surface area contributed by atoms with Gasteiger partial charge in [-0.15, -0.1) is 0 Å². The van der Waals surface area contributed by atoms with Gasteiger partial charge in [-0.25, -0.2) is 0 Å². The van der Waals surface area contributed by atoms with Crippen LogP contribution in [0, 0.1) is 0 Å². The molecule has 0 aromatic carbocycles. The molecule has 0 aliphatic heterocycles. The van der Waals surface area contributed by atoms with Crippen molar-refractivity contribution in [1.82, 2.24) is 10.3 Å². The van der Waals surface area contributed by atoms with Crippen molar-refractivity contribution < 1.29 is 0 Å². The molecule has 0 bridgehead atoms. The van der Waals surface area contributed by atoms with Gasteiger partial charge in [0, 0.05) is 19.1 Å². The van der Waals surface area contributed by atoms with Crippen LogP contribution in [0.3, 0.4) is 0 Å². The van der Waals surface area contributed by atoms with Crippen LogP contribution in [0.15, 0.2) is 18.3 Å². The van der Waals surface area contributed by atoms with Crippen LogP contribution < -0.4 is 10.2 Å². The summed E-state index contributed by atoms with van der Waals surface area (Å²) in [6, 6.07) is 5.08. The molecule has 0 fully saturated rings. The fourth-order valence-electron chi connectivity index (χ4n) is 1.63. The first-order valence-corrected chi connectivity index (χ1v) is 6.48. The topological polar surface area (TPSA) is 28.2 Å². The smallest absolute Gasteiger partial charge is 0.0572 e. The van der Waals surface area contributed by atoms with Crippen LogP contribution in [-0.4, -0.2) is 24.6 Å².